The zero-order chi connectivity index (χ0) is 21.0. The Kier molecular flexibility index (Phi) is 5.89. The maximum atomic E-state index is 13.1. The van der Waals surface area contributed by atoms with Gasteiger partial charge in [-0.15, -0.1) is 10.2 Å². The van der Waals surface area contributed by atoms with Crippen LogP contribution < -0.4 is 0 Å². The fourth-order valence-electron chi connectivity index (χ4n) is 3.91. The summed E-state index contributed by atoms with van der Waals surface area (Å²) in [5, 5.41) is 11.8. The van der Waals surface area contributed by atoms with Gasteiger partial charge in [-0.1, -0.05) is 59.8 Å². The Bertz CT molecular complexity index is 1100. The summed E-state index contributed by atoms with van der Waals surface area (Å²) in [4.78, 5) is 12.6. The SMILES string of the molecule is O=C(OCc1ccccc1)S(=O)(=O)C1C[C@H](CCc2nn[nH]n2)Cc2ccccc21. The number of fused-ring (bicyclic) bond motifs is 1. The van der Waals surface area contributed by atoms with E-state index in [2.05, 4.69) is 20.6 Å². The molecule has 1 heterocycles. The minimum Gasteiger partial charge on any atom is -0.449 e. The number of tetrazole rings is 1. The molecule has 1 aromatic heterocycles. The lowest BCUT2D eigenvalue weighted by atomic mass is 9.81. The first-order chi connectivity index (χ1) is 14.5. The molecule has 0 spiro atoms. The van der Waals surface area contributed by atoms with Crippen LogP contribution in [0.5, 0.6) is 0 Å². The van der Waals surface area contributed by atoms with Gasteiger partial charge in [-0.3, -0.25) is 0 Å². The van der Waals surface area contributed by atoms with Gasteiger partial charge in [0.1, 0.15) is 6.61 Å². The fourth-order valence-corrected chi connectivity index (χ4v) is 5.45. The summed E-state index contributed by atoms with van der Waals surface area (Å²) in [7, 11) is -4.16. The van der Waals surface area contributed by atoms with Crippen molar-refractivity contribution in [3.8, 4) is 0 Å². The van der Waals surface area contributed by atoms with Crippen molar-refractivity contribution < 1.29 is 17.9 Å². The number of sulfone groups is 1. The lowest BCUT2D eigenvalue weighted by Crippen LogP contribution is -2.29. The topological polar surface area (TPSA) is 115 Å². The van der Waals surface area contributed by atoms with E-state index in [0.717, 1.165) is 17.5 Å². The highest BCUT2D eigenvalue weighted by Crippen LogP contribution is 2.40. The average Bonchev–Trinajstić information content (AvgIpc) is 3.30. The quantitative estimate of drug-likeness (QED) is 0.602. The molecule has 9 heteroatoms. The lowest BCUT2D eigenvalue weighted by molar-refractivity contribution is 0.165. The predicted octanol–water partition coefficient (Wildman–Crippen LogP) is 3.19. The number of aryl methyl sites for hydroxylation is 1. The maximum absolute atomic E-state index is 13.1. The van der Waals surface area contributed by atoms with Gasteiger partial charge in [0.15, 0.2) is 5.82 Å². The van der Waals surface area contributed by atoms with Gasteiger partial charge in [0, 0.05) is 6.42 Å². The number of nitrogens with one attached hydrogen (secondary N) is 1. The van der Waals surface area contributed by atoms with Crippen molar-refractivity contribution in [1.29, 1.82) is 0 Å². The first kappa shape index (κ1) is 20.2. The first-order valence-electron chi connectivity index (χ1n) is 9.78. The van der Waals surface area contributed by atoms with E-state index in [1.165, 1.54) is 0 Å². The number of aromatic amines is 1. The van der Waals surface area contributed by atoms with Crippen molar-refractivity contribution in [1.82, 2.24) is 20.6 Å². The van der Waals surface area contributed by atoms with Crippen molar-refractivity contribution in [2.45, 2.75) is 37.5 Å². The van der Waals surface area contributed by atoms with Gasteiger partial charge in [0.2, 0.25) is 0 Å². The summed E-state index contributed by atoms with van der Waals surface area (Å²) < 4.78 is 31.4. The molecular formula is C21H22N4O4S. The van der Waals surface area contributed by atoms with E-state index in [9.17, 15) is 13.2 Å². The predicted molar refractivity (Wildman–Crippen MR) is 109 cm³/mol. The second-order valence-electron chi connectivity index (χ2n) is 7.43. The van der Waals surface area contributed by atoms with Crippen LogP contribution in [0.1, 0.15) is 40.6 Å². The minimum atomic E-state index is -4.16. The second kappa shape index (κ2) is 8.74. The Hall–Kier alpha value is -3.07. The van der Waals surface area contributed by atoms with Crippen LogP contribution in [-0.2, 0) is 34.0 Å². The monoisotopic (exact) mass is 426 g/mol. The number of carbonyl (C=O) groups excluding carboxylic acids is 1. The van der Waals surface area contributed by atoms with Crippen molar-refractivity contribution >= 4 is 15.1 Å². The Morgan fingerprint density at radius 1 is 1.10 bits per heavy atom. The van der Waals surface area contributed by atoms with Crippen LogP contribution in [0.2, 0.25) is 0 Å². The van der Waals surface area contributed by atoms with Crippen molar-refractivity contribution in [2.24, 2.45) is 5.92 Å². The highest BCUT2D eigenvalue weighted by atomic mass is 32.2. The molecule has 1 N–H and O–H groups in total. The molecule has 1 aliphatic carbocycles. The molecule has 8 nitrogen and oxygen atoms in total. The van der Waals surface area contributed by atoms with Crippen LogP contribution in [-0.4, -0.2) is 34.3 Å². The highest BCUT2D eigenvalue weighted by molar-refractivity contribution is 8.05. The van der Waals surface area contributed by atoms with Gasteiger partial charge in [-0.2, -0.15) is 5.21 Å². The number of hydrogen-bond acceptors (Lipinski definition) is 7. The van der Waals surface area contributed by atoms with Crippen LogP contribution in [0.3, 0.4) is 0 Å². The van der Waals surface area contributed by atoms with Gasteiger partial charge in [0.05, 0.1) is 5.25 Å². The number of rotatable bonds is 6. The van der Waals surface area contributed by atoms with Crippen LogP contribution in [0.4, 0.5) is 4.79 Å². The molecule has 0 amide bonds. The van der Waals surface area contributed by atoms with Crippen LogP contribution in [0, 0.1) is 5.92 Å². The van der Waals surface area contributed by atoms with E-state index < -0.39 is 20.4 Å². The highest BCUT2D eigenvalue weighted by Gasteiger charge is 2.40. The van der Waals surface area contributed by atoms with Crippen molar-refractivity contribution in [2.75, 3.05) is 0 Å². The minimum absolute atomic E-state index is 0.0749. The third-order valence-electron chi connectivity index (χ3n) is 5.43. The Morgan fingerprint density at radius 3 is 2.63 bits per heavy atom. The Balaban J connectivity index is 1.51. The number of ether oxygens (including phenoxy) is 1. The van der Waals surface area contributed by atoms with Gasteiger partial charge in [-0.05, 0) is 41.9 Å². The lowest BCUT2D eigenvalue weighted by Gasteiger charge is -2.30. The van der Waals surface area contributed by atoms with E-state index in [1.807, 2.05) is 30.3 Å². The summed E-state index contributed by atoms with van der Waals surface area (Å²) >= 11 is 0. The van der Waals surface area contributed by atoms with Crippen LogP contribution in [0.25, 0.3) is 0 Å². The maximum Gasteiger partial charge on any atom is 0.425 e. The van der Waals surface area contributed by atoms with Gasteiger partial charge >= 0.3 is 5.30 Å². The molecule has 1 aliphatic rings. The molecule has 2 aromatic carbocycles. The molecule has 3 aromatic rings. The van der Waals surface area contributed by atoms with Gasteiger partial charge in [0.25, 0.3) is 9.84 Å². The summed E-state index contributed by atoms with van der Waals surface area (Å²) in [6.45, 7) is -0.0749. The Morgan fingerprint density at radius 2 is 1.87 bits per heavy atom. The van der Waals surface area contributed by atoms with Crippen LogP contribution in [0.15, 0.2) is 54.6 Å². The number of hydrogen-bond donors (Lipinski definition) is 1. The number of benzene rings is 2. The van der Waals surface area contributed by atoms with Crippen LogP contribution >= 0.6 is 0 Å². The van der Waals surface area contributed by atoms with E-state index >= 15 is 0 Å². The third kappa shape index (κ3) is 4.40. The molecule has 0 saturated heterocycles. The van der Waals surface area contributed by atoms with Crippen molar-refractivity contribution in [3.63, 3.8) is 0 Å². The second-order valence-corrected chi connectivity index (χ2v) is 9.42. The molecule has 1 unspecified atom stereocenters. The van der Waals surface area contributed by atoms with Crippen molar-refractivity contribution in [3.05, 3.63) is 77.1 Å². The molecule has 156 valence electrons. The molecule has 4 rings (SSSR count). The zero-order valence-corrected chi connectivity index (χ0v) is 17.1. The molecule has 2 atom stereocenters. The van der Waals surface area contributed by atoms with Gasteiger partial charge in [-0.25, -0.2) is 13.2 Å². The van der Waals surface area contributed by atoms with E-state index in [-0.39, 0.29) is 12.5 Å². The molecule has 0 radical (unpaired) electrons. The summed E-state index contributed by atoms with van der Waals surface area (Å²) in [5.74, 6) is 0.677. The standard InChI is InChI=1S/C21H22N4O4S/c26-21(29-14-15-6-2-1-3-7-15)30(27,28)19-13-16(10-11-20-22-24-25-23-20)12-17-8-4-5-9-18(17)19/h1-9,16,19H,10-14H2,(H,22,23,24,25)/t16-,19?/m1/s1. The summed E-state index contributed by atoms with van der Waals surface area (Å²) in [5.41, 5.74) is 2.37. The largest absolute Gasteiger partial charge is 0.449 e. The van der Waals surface area contributed by atoms with E-state index in [1.54, 1.807) is 24.3 Å². The number of H-pyrrole nitrogens is 1. The molecule has 0 bridgehead atoms. The normalized spacial score (nSPS) is 18.5. The number of carbonyl (C=O) groups is 1. The summed E-state index contributed by atoms with van der Waals surface area (Å²) in [6.07, 6.45) is 2.41. The smallest absolute Gasteiger partial charge is 0.425 e. The molecule has 0 saturated carbocycles. The average molecular weight is 426 g/mol. The summed E-state index contributed by atoms with van der Waals surface area (Å²) in [6, 6.07) is 16.4. The van der Waals surface area contributed by atoms with E-state index in [4.69, 9.17) is 4.74 Å². The third-order valence-corrected chi connectivity index (χ3v) is 7.21. The fraction of sp³-hybridized carbons (Fsp3) is 0.333. The zero-order valence-electron chi connectivity index (χ0n) is 16.3. The molecule has 0 aliphatic heterocycles. The number of aromatic nitrogens is 4. The molecule has 0 fully saturated rings. The Labute approximate surface area is 174 Å². The van der Waals surface area contributed by atoms with E-state index in [0.29, 0.717) is 30.7 Å². The van der Waals surface area contributed by atoms with Gasteiger partial charge < -0.3 is 4.74 Å². The first-order valence-corrected chi connectivity index (χ1v) is 11.3. The number of nitrogens with zero attached hydrogens (tertiary/aromatic N) is 3. The molecular weight excluding hydrogens is 404 g/mol. The molecule has 30 heavy (non-hydrogen) atoms.